The van der Waals surface area contributed by atoms with Gasteiger partial charge in [-0.15, -0.1) is 0 Å². The first kappa shape index (κ1) is 13.0. The average molecular weight is 213 g/mol. The molecule has 1 aliphatic rings. The van der Waals surface area contributed by atoms with Gasteiger partial charge < -0.3 is 5.11 Å². The van der Waals surface area contributed by atoms with Gasteiger partial charge in [0.25, 0.3) is 0 Å². The van der Waals surface area contributed by atoms with Crippen LogP contribution in [0, 0.1) is 5.92 Å². The van der Waals surface area contributed by atoms with Crippen LogP contribution in [0.2, 0.25) is 0 Å². The molecule has 1 aliphatic carbocycles. The molecule has 90 valence electrons. The number of rotatable bonds is 5. The smallest absolute Gasteiger partial charge is 0.107 e. The molecule has 2 nitrogen and oxygen atoms in total. The molecule has 0 spiro atoms. The lowest BCUT2D eigenvalue weighted by Crippen LogP contribution is -2.45. The van der Waals surface area contributed by atoms with Gasteiger partial charge in [0.2, 0.25) is 0 Å². The Labute approximate surface area is 94.7 Å². The molecule has 15 heavy (non-hydrogen) atoms. The molecule has 0 amide bonds. The molecule has 0 saturated heterocycles. The zero-order chi connectivity index (χ0) is 11.3. The highest BCUT2D eigenvalue weighted by Crippen LogP contribution is 2.31. The highest BCUT2D eigenvalue weighted by Gasteiger charge is 2.29. The van der Waals surface area contributed by atoms with E-state index in [1.54, 1.807) is 0 Å². The Morgan fingerprint density at radius 3 is 2.53 bits per heavy atom. The summed E-state index contributed by atoms with van der Waals surface area (Å²) in [5.41, 5.74) is 0. The van der Waals surface area contributed by atoms with Crippen LogP contribution in [0.1, 0.15) is 58.8 Å². The number of hydrogen-bond acceptors (Lipinski definition) is 2. The van der Waals surface area contributed by atoms with Crippen LogP contribution in [-0.4, -0.2) is 29.3 Å². The summed E-state index contributed by atoms with van der Waals surface area (Å²) in [6.07, 6.45) is 8.34. The van der Waals surface area contributed by atoms with E-state index in [1.165, 1.54) is 32.1 Å². The zero-order valence-electron chi connectivity index (χ0n) is 10.6. The van der Waals surface area contributed by atoms with Crippen molar-refractivity contribution in [2.45, 2.75) is 71.1 Å². The van der Waals surface area contributed by atoms with E-state index < -0.39 is 0 Å². The molecule has 0 aromatic heterocycles. The first-order valence-electron chi connectivity index (χ1n) is 6.60. The Hall–Kier alpha value is -0.0800. The lowest BCUT2D eigenvalue weighted by molar-refractivity contribution is -0.0384. The molecule has 0 radical (unpaired) electrons. The Morgan fingerprint density at radius 2 is 1.93 bits per heavy atom. The third-order valence-electron chi connectivity index (χ3n) is 3.93. The Balaban J connectivity index is 2.50. The quantitative estimate of drug-likeness (QED) is 0.710. The minimum atomic E-state index is -0.229. The molecule has 1 saturated carbocycles. The van der Waals surface area contributed by atoms with Gasteiger partial charge in [0, 0.05) is 6.04 Å². The summed E-state index contributed by atoms with van der Waals surface area (Å²) < 4.78 is 0. The number of aliphatic hydroxyl groups excluding tert-OH is 1. The van der Waals surface area contributed by atoms with Crippen LogP contribution in [0.3, 0.4) is 0 Å². The van der Waals surface area contributed by atoms with Gasteiger partial charge in [0.05, 0.1) is 0 Å². The van der Waals surface area contributed by atoms with E-state index in [9.17, 15) is 5.11 Å². The van der Waals surface area contributed by atoms with E-state index in [0.717, 1.165) is 18.8 Å². The fraction of sp³-hybridized carbons (Fsp3) is 1.00. The van der Waals surface area contributed by atoms with Gasteiger partial charge in [0.1, 0.15) is 6.23 Å². The van der Waals surface area contributed by atoms with Crippen molar-refractivity contribution in [2.24, 2.45) is 5.92 Å². The van der Waals surface area contributed by atoms with E-state index in [1.807, 2.05) is 0 Å². The molecule has 0 heterocycles. The standard InChI is InChI=1S/C13H27NO/c1-4-8-13(15)14(3)12-10-7-6-9-11(12)5-2/h11-13,15H,4-10H2,1-3H3. The zero-order valence-corrected chi connectivity index (χ0v) is 10.6. The van der Waals surface area contributed by atoms with Crippen LogP contribution in [0.4, 0.5) is 0 Å². The van der Waals surface area contributed by atoms with E-state index in [4.69, 9.17) is 0 Å². The predicted octanol–water partition coefficient (Wildman–Crippen LogP) is 3.01. The largest absolute Gasteiger partial charge is 0.378 e. The molecular formula is C13H27NO. The highest BCUT2D eigenvalue weighted by molar-refractivity contribution is 4.82. The summed E-state index contributed by atoms with van der Waals surface area (Å²) in [7, 11) is 2.10. The maximum absolute atomic E-state index is 10.0. The summed E-state index contributed by atoms with van der Waals surface area (Å²) in [5, 5.41) is 10.0. The van der Waals surface area contributed by atoms with Gasteiger partial charge in [-0.3, -0.25) is 4.90 Å². The molecule has 1 rings (SSSR count). The molecule has 2 heteroatoms. The number of nitrogens with zero attached hydrogens (tertiary/aromatic N) is 1. The van der Waals surface area contributed by atoms with Crippen LogP contribution in [0.5, 0.6) is 0 Å². The molecule has 0 bridgehead atoms. The molecule has 1 fully saturated rings. The van der Waals surface area contributed by atoms with Gasteiger partial charge in [-0.25, -0.2) is 0 Å². The molecule has 0 aliphatic heterocycles. The van der Waals surface area contributed by atoms with Crippen molar-refractivity contribution in [1.82, 2.24) is 4.90 Å². The van der Waals surface area contributed by atoms with Gasteiger partial charge in [-0.05, 0) is 32.2 Å². The van der Waals surface area contributed by atoms with Crippen LogP contribution < -0.4 is 0 Å². The van der Waals surface area contributed by atoms with E-state index in [-0.39, 0.29) is 6.23 Å². The van der Waals surface area contributed by atoms with Crippen molar-refractivity contribution in [3.8, 4) is 0 Å². The van der Waals surface area contributed by atoms with E-state index in [0.29, 0.717) is 6.04 Å². The van der Waals surface area contributed by atoms with Gasteiger partial charge >= 0.3 is 0 Å². The summed E-state index contributed by atoms with van der Waals surface area (Å²) in [5.74, 6) is 0.801. The first-order chi connectivity index (χ1) is 7.20. The maximum Gasteiger partial charge on any atom is 0.107 e. The van der Waals surface area contributed by atoms with Crippen molar-refractivity contribution in [3.05, 3.63) is 0 Å². The Bertz CT molecular complexity index is 172. The topological polar surface area (TPSA) is 23.5 Å². The van der Waals surface area contributed by atoms with Crippen LogP contribution in [0.25, 0.3) is 0 Å². The lowest BCUT2D eigenvalue weighted by atomic mass is 9.82. The normalized spacial score (nSPS) is 29.4. The SMILES string of the molecule is CCCC(O)N(C)C1CCCCC1CC. The van der Waals surface area contributed by atoms with Crippen molar-refractivity contribution >= 4 is 0 Å². The van der Waals surface area contributed by atoms with E-state index in [2.05, 4.69) is 25.8 Å². The summed E-state index contributed by atoms with van der Waals surface area (Å²) in [6, 6.07) is 0.616. The molecular weight excluding hydrogens is 186 g/mol. The van der Waals surface area contributed by atoms with Gasteiger partial charge in [0.15, 0.2) is 0 Å². The number of hydrogen-bond donors (Lipinski definition) is 1. The first-order valence-corrected chi connectivity index (χ1v) is 6.60. The van der Waals surface area contributed by atoms with Crippen molar-refractivity contribution in [1.29, 1.82) is 0 Å². The molecule has 0 aromatic carbocycles. The third-order valence-corrected chi connectivity index (χ3v) is 3.93. The number of aliphatic hydroxyl groups is 1. The Morgan fingerprint density at radius 1 is 1.27 bits per heavy atom. The van der Waals surface area contributed by atoms with Crippen molar-refractivity contribution < 1.29 is 5.11 Å². The molecule has 0 aromatic rings. The monoisotopic (exact) mass is 213 g/mol. The van der Waals surface area contributed by atoms with E-state index >= 15 is 0 Å². The summed E-state index contributed by atoms with van der Waals surface area (Å²) in [6.45, 7) is 4.41. The second-order valence-corrected chi connectivity index (χ2v) is 4.95. The second kappa shape index (κ2) is 6.49. The fourth-order valence-electron chi connectivity index (χ4n) is 2.88. The van der Waals surface area contributed by atoms with Gasteiger partial charge in [-0.1, -0.05) is 39.5 Å². The third kappa shape index (κ3) is 3.46. The minimum Gasteiger partial charge on any atom is -0.378 e. The molecule has 3 atom stereocenters. The van der Waals surface area contributed by atoms with Crippen molar-refractivity contribution in [3.63, 3.8) is 0 Å². The van der Waals surface area contributed by atoms with Crippen LogP contribution >= 0.6 is 0 Å². The average Bonchev–Trinajstić information content (AvgIpc) is 2.28. The van der Waals surface area contributed by atoms with Gasteiger partial charge in [-0.2, -0.15) is 0 Å². The fourth-order valence-corrected chi connectivity index (χ4v) is 2.88. The summed E-state index contributed by atoms with van der Waals surface area (Å²) >= 11 is 0. The maximum atomic E-state index is 10.0. The second-order valence-electron chi connectivity index (χ2n) is 4.95. The predicted molar refractivity (Wildman–Crippen MR) is 64.7 cm³/mol. The van der Waals surface area contributed by atoms with Crippen molar-refractivity contribution in [2.75, 3.05) is 7.05 Å². The highest BCUT2D eigenvalue weighted by atomic mass is 16.3. The minimum absolute atomic E-state index is 0.229. The van der Waals surface area contributed by atoms with Crippen LogP contribution in [-0.2, 0) is 0 Å². The van der Waals surface area contributed by atoms with Crippen LogP contribution in [0.15, 0.2) is 0 Å². The molecule has 3 unspecified atom stereocenters. The summed E-state index contributed by atoms with van der Waals surface area (Å²) in [4.78, 5) is 2.22. The lowest BCUT2D eigenvalue weighted by Gasteiger charge is -2.40. The Kier molecular flexibility index (Phi) is 5.62. The molecule has 1 N–H and O–H groups in total.